The zero-order chi connectivity index (χ0) is 20.5. The van der Waals surface area contributed by atoms with Crippen molar-refractivity contribution in [3.05, 3.63) is 104 Å². The Labute approximate surface area is 172 Å². The minimum atomic E-state index is -0.787. The van der Waals surface area contributed by atoms with Gasteiger partial charge in [-0.2, -0.15) is 4.73 Å². The monoisotopic (exact) mass is 458 g/mol. The van der Waals surface area contributed by atoms with Gasteiger partial charge in [-0.15, -0.1) is 4.73 Å². The van der Waals surface area contributed by atoms with E-state index in [-0.39, 0.29) is 22.3 Å². The first-order valence-electron chi connectivity index (χ1n) is 8.57. The molecule has 1 aromatic heterocycles. The number of aromatic nitrogens is 2. The van der Waals surface area contributed by atoms with Gasteiger partial charge in [0.15, 0.2) is 5.52 Å². The van der Waals surface area contributed by atoms with Crippen LogP contribution in [0, 0.1) is 16.8 Å². The SMILES string of the molecule is O=c1c(-c2ccc(Br)cc2)[n+]([O-])c2ccccc2n1OCc1c(F)cccc1F. The number of fused-ring (bicyclic) bond motifs is 1. The molecule has 0 N–H and O–H groups in total. The molecule has 146 valence electrons. The highest BCUT2D eigenvalue weighted by Crippen LogP contribution is 2.19. The summed E-state index contributed by atoms with van der Waals surface area (Å²) < 4.78 is 30.1. The predicted octanol–water partition coefficient (Wildman–Crippen LogP) is 3.97. The van der Waals surface area contributed by atoms with Gasteiger partial charge >= 0.3 is 5.56 Å². The van der Waals surface area contributed by atoms with E-state index < -0.39 is 23.8 Å². The maximum absolute atomic E-state index is 13.9. The summed E-state index contributed by atoms with van der Waals surface area (Å²) in [5, 5.41) is 12.9. The average molecular weight is 459 g/mol. The second-order valence-corrected chi connectivity index (χ2v) is 7.13. The third-order valence-electron chi connectivity index (χ3n) is 4.43. The lowest BCUT2D eigenvalue weighted by Crippen LogP contribution is -2.42. The first kappa shape index (κ1) is 19.1. The van der Waals surface area contributed by atoms with Crippen molar-refractivity contribution in [2.24, 2.45) is 0 Å². The second-order valence-electron chi connectivity index (χ2n) is 6.21. The second kappa shape index (κ2) is 7.63. The molecule has 1 heterocycles. The zero-order valence-electron chi connectivity index (χ0n) is 14.8. The molecule has 0 unspecified atom stereocenters. The predicted molar refractivity (Wildman–Crippen MR) is 107 cm³/mol. The average Bonchev–Trinajstić information content (AvgIpc) is 2.71. The number of halogens is 3. The molecule has 0 aliphatic carbocycles. The summed E-state index contributed by atoms with van der Waals surface area (Å²) in [7, 11) is 0. The molecule has 0 amide bonds. The number of rotatable bonds is 4. The molecule has 29 heavy (non-hydrogen) atoms. The zero-order valence-corrected chi connectivity index (χ0v) is 16.4. The molecule has 0 atom stereocenters. The van der Waals surface area contributed by atoms with Gasteiger partial charge in [-0.3, -0.25) is 4.79 Å². The topological polar surface area (TPSA) is 58.2 Å². The molecule has 3 aromatic carbocycles. The first-order chi connectivity index (χ1) is 14.0. The van der Waals surface area contributed by atoms with E-state index in [1.165, 1.54) is 18.2 Å². The third-order valence-corrected chi connectivity index (χ3v) is 4.96. The Kier molecular flexibility index (Phi) is 5.02. The third kappa shape index (κ3) is 3.47. The van der Waals surface area contributed by atoms with Gasteiger partial charge in [0.1, 0.15) is 18.2 Å². The Morgan fingerprint density at radius 1 is 0.966 bits per heavy atom. The Bertz CT molecular complexity index is 1250. The standard InChI is InChI=1S/C21H13BrF2N2O3/c22-14-10-8-13(9-11-14)20-21(27)26(19-7-2-1-6-18(19)25(20)28)29-12-15-16(23)4-3-5-17(15)24/h1-11H,12H2. The number of benzene rings is 3. The lowest BCUT2D eigenvalue weighted by molar-refractivity contribution is -0.566. The van der Waals surface area contributed by atoms with Gasteiger partial charge in [-0.05, 0) is 42.5 Å². The Morgan fingerprint density at radius 3 is 2.31 bits per heavy atom. The van der Waals surface area contributed by atoms with Crippen LogP contribution in [0.1, 0.15) is 5.56 Å². The van der Waals surface area contributed by atoms with Crippen LogP contribution in [0.4, 0.5) is 8.78 Å². The maximum Gasteiger partial charge on any atom is 0.357 e. The highest BCUT2D eigenvalue weighted by atomic mass is 79.9. The van der Waals surface area contributed by atoms with Gasteiger partial charge in [0.05, 0.1) is 11.1 Å². The largest absolute Gasteiger partial charge is 0.618 e. The fourth-order valence-corrected chi connectivity index (χ4v) is 3.26. The quantitative estimate of drug-likeness (QED) is 0.343. The molecule has 4 rings (SSSR count). The summed E-state index contributed by atoms with van der Waals surface area (Å²) >= 11 is 3.31. The van der Waals surface area contributed by atoms with E-state index in [4.69, 9.17) is 4.84 Å². The highest BCUT2D eigenvalue weighted by molar-refractivity contribution is 9.10. The molecule has 0 aliphatic heterocycles. The molecule has 0 spiro atoms. The minimum absolute atomic E-state index is 0.162. The lowest BCUT2D eigenvalue weighted by atomic mass is 10.1. The fourth-order valence-electron chi connectivity index (χ4n) is 3.00. The Morgan fingerprint density at radius 2 is 1.62 bits per heavy atom. The number of hydrogen-bond donors (Lipinski definition) is 0. The fraction of sp³-hybridized carbons (Fsp3) is 0.0476. The summed E-state index contributed by atoms with van der Waals surface area (Å²) in [6, 6.07) is 16.4. The van der Waals surface area contributed by atoms with E-state index in [0.717, 1.165) is 21.3 Å². The van der Waals surface area contributed by atoms with Crippen LogP contribution in [0.15, 0.2) is 76.0 Å². The van der Waals surface area contributed by atoms with Crippen LogP contribution in [-0.2, 0) is 6.61 Å². The molecular formula is C21H13BrF2N2O3. The van der Waals surface area contributed by atoms with Crippen molar-refractivity contribution in [3.63, 3.8) is 0 Å². The molecular weight excluding hydrogens is 446 g/mol. The number of hydrogen-bond acceptors (Lipinski definition) is 3. The van der Waals surface area contributed by atoms with E-state index in [1.54, 1.807) is 36.4 Å². The molecule has 0 aliphatic rings. The van der Waals surface area contributed by atoms with E-state index in [2.05, 4.69) is 15.9 Å². The Hall–Kier alpha value is -3.26. The van der Waals surface area contributed by atoms with Crippen molar-refractivity contribution in [3.8, 4) is 11.3 Å². The molecule has 0 fully saturated rings. The molecule has 8 heteroatoms. The first-order valence-corrected chi connectivity index (χ1v) is 9.36. The van der Waals surface area contributed by atoms with Crippen molar-refractivity contribution in [1.29, 1.82) is 0 Å². The van der Waals surface area contributed by atoms with E-state index in [0.29, 0.717) is 10.3 Å². The molecule has 0 radical (unpaired) electrons. The van der Waals surface area contributed by atoms with Crippen LogP contribution < -0.4 is 15.1 Å². The Balaban J connectivity index is 1.89. The molecule has 0 saturated heterocycles. The van der Waals surface area contributed by atoms with Crippen molar-refractivity contribution >= 4 is 27.0 Å². The summed E-state index contributed by atoms with van der Waals surface area (Å²) in [6.45, 7) is -0.523. The van der Waals surface area contributed by atoms with E-state index in [9.17, 15) is 18.8 Å². The van der Waals surface area contributed by atoms with Crippen LogP contribution in [0.2, 0.25) is 0 Å². The van der Waals surface area contributed by atoms with Gasteiger partial charge in [0.2, 0.25) is 5.52 Å². The molecule has 5 nitrogen and oxygen atoms in total. The van der Waals surface area contributed by atoms with Gasteiger partial charge in [-0.25, -0.2) is 8.78 Å². The van der Waals surface area contributed by atoms with Crippen LogP contribution in [0.25, 0.3) is 22.3 Å². The van der Waals surface area contributed by atoms with Crippen LogP contribution in [-0.4, -0.2) is 4.73 Å². The summed E-state index contributed by atoms with van der Waals surface area (Å²) in [5.41, 5.74) is -0.465. The van der Waals surface area contributed by atoms with Gasteiger partial charge < -0.3 is 10.0 Å². The van der Waals surface area contributed by atoms with Crippen LogP contribution in [0.3, 0.4) is 0 Å². The van der Waals surface area contributed by atoms with Crippen LogP contribution >= 0.6 is 15.9 Å². The van der Waals surface area contributed by atoms with Gasteiger partial charge in [0.25, 0.3) is 5.69 Å². The number of nitrogens with zero attached hydrogens (tertiary/aromatic N) is 2. The van der Waals surface area contributed by atoms with E-state index in [1.807, 2.05) is 0 Å². The summed E-state index contributed by atoms with van der Waals surface area (Å²) in [4.78, 5) is 18.6. The van der Waals surface area contributed by atoms with Gasteiger partial charge in [0, 0.05) is 10.5 Å². The molecule has 4 aromatic rings. The van der Waals surface area contributed by atoms with Crippen LogP contribution in [0.5, 0.6) is 0 Å². The van der Waals surface area contributed by atoms with Crippen molar-refractivity contribution in [2.45, 2.75) is 6.61 Å². The summed E-state index contributed by atoms with van der Waals surface area (Å²) in [5.74, 6) is -1.57. The normalized spacial score (nSPS) is 11.0. The molecule has 0 bridgehead atoms. The smallest absolute Gasteiger partial charge is 0.357 e. The maximum atomic E-state index is 13.9. The number of para-hydroxylation sites is 2. The minimum Gasteiger partial charge on any atom is -0.618 e. The van der Waals surface area contributed by atoms with Gasteiger partial charge in [-0.1, -0.05) is 34.1 Å². The molecule has 0 saturated carbocycles. The van der Waals surface area contributed by atoms with Crippen molar-refractivity contribution in [1.82, 2.24) is 4.73 Å². The van der Waals surface area contributed by atoms with Crippen molar-refractivity contribution in [2.75, 3.05) is 0 Å². The van der Waals surface area contributed by atoms with Crippen molar-refractivity contribution < 1.29 is 18.3 Å². The lowest BCUT2D eigenvalue weighted by Gasteiger charge is -2.14. The van der Waals surface area contributed by atoms with E-state index >= 15 is 0 Å². The summed E-state index contributed by atoms with van der Waals surface area (Å²) in [6.07, 6.45) is 0. The highest BCUT2D eigenvalue weighted by Gasteiger charge is 2.23.